The lowest BCUT2D eigenvalue weighted by Crippen LogP contribution is -2.04. The fourth-order valence-corrected chi connectivity index (χ4v) is 1.43. The Morgan fingerprint density at radius 2 is 2.20 bits per heavy atom. The van der Waals surface area contributed by atoms with Crippen LogP contribution in [-0.4, -0.2) is 11.8 Å². The monoisotopic (exact) mass is 198 g/mol. The first-order chi connectivity index (χ1) is 7.33. The fourth-order valence-electron chi connectivity index (χ4n) is 1.43. The highest BCUT2D eigenvalue weighted by molar-refractivity contribution is 6.01. The Bertz CT molecular complexity index is 440. The van der Waals surface area contributed by atoms with Crippen LogP contribution in [0.2, 0.25) is 0 Å². The summed E-state index contributed by atoms with van der Waals surface area (Å²) in [7, 11) is 0. The van der Waals surface area contributed by atoms with Crippen LogP contribution in [0.1, 0.15) is 17.5 Å². The van der Waals surface area contributed by atoms with E-state index in [2.05, 4.69) is 17.8 Å². The van der Waals surface area contributed by atoms with Crippen LogP contribution in [-0.2, 0) is 4.84 Å². The third-order valence-corrected chi connectivity index (χ3v) is 2.30. The molecular weight excluding hydrogens is 188 g/mol. The molecule has 3 nitrogen and oxygen atoms in total. The molecule has 2 rings (SSSR count). The Morgan fingerprint density at radius 1 is 1.47 bits per heavy atom. The third-order valence-electron chi connectivity index (χ3n) is 2.30. The summed E-state index contributed by atoms with van der Waals surface area (Å²) in [6, 6.07) is 9.39. The summed E-state index contributed by atoms with van der Waals surface area (Å²) in [5.74, 6) is 0. The van der Waals surface area contributed by atoms with Gasteiger partial charge in [0.05, 0.1) is 17.3 Å². The summed E-state index contributed by atoms with van der Waals surface area (Å²) >= 11 is 0. The number of benzene rings is 1. The molecule has 1 atom stereocenters. The second kappa shape index (κ2) is 3.97. The summed E-state index contributed by atoms with van der Waals surface area (Å²) in [5.41, 5.74) is 2.56. The second-order valence-electron chi connectivity index (χ2n) is 3.31. The predicted molar refractivity (Wildman–Crippen MR) is 57.4 cm³/mol. The average molecular weight is 198 g/mol. The van der Waals surface area contributed by atoms with Crippen molar-refractivity contribution >= 4 is 5.71 Å². The first-order valence-corrected chi connectivity index (χ1v) is 4.69. The molecule has 0 radical (unpaired) electrons. The fraction of sp³-hybridized carbons (Fsp3) is 0.167. The molecule has 15 heavy (non-hydrogen) atoms. The largest absolute Gasteiger partial charge is 0.388 e. The smallest absolute Gasteiger partial charge is 0.151 e. The summed E-state index contributed by atoms with van der Waals surface area (Å²) in [6.45, 7) is 3.66. The lowest BCUT2D eigenvalue weighted by atomic mass is 10.0. The Labute approximate surface area is 88.3 Å². The van der Waals surface area contributed by atoms with Gasteiger partial charge in [0.15, 0.2) is 6.10 Å². The molecule has 0 fully saturated rings. The molecule has 1 unspecified atom stereocenters. The van der Waals surface area contributed by atoms with E-state index in [1.165, 1.54) is 0 Å². The molecule has 0 saturated carbocycles. The molecule has 0 amide bonds. The van der Waals surface area contributed by atoms with E-state index in [4.69, 9.17) is 10.1 Å². The van der Waals surface area contributed by atoms with Crippen molar-refractivity contribution < 1.29 is 4.84 Å². The molecule has 0 N–H and O–H groups in total. The van der Waals surface area contributed by atoms with Crippen LogP contribution in [0.25, 0.3) is 0 Å². The van der Waals surface area contributed by atoms with Crippen molar-refractivity contribution in [2.75, 3.05) is 0 Å². The van der Waals surface area contributed by atoms with E-state index in [0.29, 0.717) is 5.56 Å². The summed E-state index contributed by atoms with van der Waals surface area (Å²) < 4.78 is 0. The van der Waals surface area contributed by atoms with E-state index in [1.54, 1.807) is 18.2 Å². The van der Waals surface area contributed by atoms with Gasteiger partial charge in [-0.2, -0.15) is 5.26 Å². The zero-order valence-corrected chi connectivity index (χ0v) is 8.18. The van der Waals surface area contributed by atoms with E-state index < -0.39 is 0 Å². The first-order valence-electron chi connectivity index (χ1n) is 4.69. The number of nitrogens with zero attached hydrogens (tertiary/aromatic N) is 2. The van der Waals surface area contributed by atoms with Crippen LogP contribution in [0.5, 0.6) is 0 Å². The first kappa shape index (κ1) is 9.47. The van der Waals surface area contributed by atoms with Gasteiger partial charge in [0.2, 0.25) is 0 Å². The lowest BCUT2D eigenvalue weighted by Gasteiger charge is -1.99. The summed E-state index contributed by atoms with van der Waals surface area (Å²) in [6.07, 6.45) is 2.46. The highest BCUT2D eigenvalue weighted by atomic mass is 16.6. The van der Waals surface area contributed by atoms with E-state index in [-0.39, 0.29) is 6.10 Å². The van der Waals surface area contributed by atoms with Crippen molar-refractivity contribution in [1.82, 2.24) is 0 Å². The number of hydrogen-bond acceptors (Lipinski definition) is 3. The maximum Gasteiger partial charge on any atom is 0.151 e. The van der Waals surface area contributed by atoms with Crippen LogP contribution in [0, 0.1) is 11.3 Å². The van der Waals surface area contributed by atoms with Crippen molar-refractivity contribution in [2.45, 2.75) is 12.5 Å². The molecule has 74 valence electrons. The maximum atomic E-state index is 8.66. The second-order valence-corrected chi connectivity index (χ2v) is 3.31. The standard InChI is InChI=1S/C12H10N2O/c1-2-11-7-12(14-15-11)10-5-3-9(8-13)4-6-10/h2-6,11H,1,7H2. The van der Waals surface area contributed by atoms with Gasteiger partial charge in [-0.1, -0.05) is 23.9 Å². The van der Waals surface area contributed by atoms with Gasteiger partial charge in [-0.3, -0.25) is 0 Å². The number of rotatable bonds is 2. The van der Waals surface area contributed by atoms with Gasteiger partial charge in [0, 0.05) is 6.42 Å². The predicted octanol–water partition coefficient (Wildman–Crippen LogP) is 2.24. The van der Waals surface area contributed by atoms with E-state index in [9.17, 15) is 0 Å². The molecule has 1 aromatic rings. The van der Waals surface area contributed by atoms with Crippen LogP contribution < -0.4 is 0 Å². The molecule has 1 aliphatic rings. The van der Waals surface area contributed by atoms with Gasteiger partial charge in [0.25, 0.3) is 0 Å². The molecule has 0 saturated heterocycles. The van der Waals surface area contributed by atoms with Crippen molar-refractivity contribution in [3.05, 3.63) is 48.0 Å². The molecule has 3 heteroatoms. The minimum Gasteiger partial charge on any atom is -0.388 e. The lowest BCUT2D eigenvalue weighted by molar-refractivity contribution is 0.120. The van der Waals surface area contributed by atoms with Gasteiger partial charge in [-0.25, -0.2) is 0 Å². The zero-order chi connectivity index (χ0) is 10.7. The van der Waals surface area contributed by atoms with Crippen LogP contribution in [0.15, 0.2) is 42.1 Å². The van der Waals surface area contributed by atoms with Gasteiger partial charge in [-0.15, -0.1) is 0 Å². The Morgan fingerprint density at radius 3 is 2.73 bits per heavy atom. The quantitative estimate of drug-likeness (QED) is 0.684. The van der Waals surface area contributed by atoms with Crippen molar-refractivity contribution in [3.8, 4) is 6.07 Å². The van der Waals surface area contributed by atoms with Crippen LogP contribution >= 0.6 is 0 Å². The van der Waals surface area contributed by atoms with Gasteiger partial charge < -0.3 is 4.84 Å². The number of oxime groups is 1. The summed E-state index contributed by atoms with van der Waals surface area (Å²) in [5, 5.41) is 12.6. The molecule has 1 aliphatic heterocycles. The van der Waals surface area contributed by atoms with Gasteiger partial charge >= 0.3 is 0 Å². The molecule has 0 bridgehead atoms. The zero-order valence-electron chi connectivity index (χ0n) is 8.18. The van der Waals surface area contributed by atoms with E-state index >= 15 is 0 Å². The number of hydrogen-bond donors (Lipinski definition) is 0. The van der Waals surface area contributed by atoms with Gasteiger partial charge in [-0.05, 0) is 23.8 Å². The molecule has 0 spiro atoms. The summed E-state index contributed by atoms with van der Waals surface area (Å²) in [4.78, 5) is 5.13. The highest BCUT2D eigenvalue weighted by Gasteiger charge is 2.18. The third kappa shape index (κ3) is 1.89. The Hall–Kier alpha value is -2.08. The maximum absolute atomic E-state index is 8.66. The molecular formula is C12H10N2O. The average Bonchev–Trinajstić information content (AvgIpc) is 2.78. The molecule has 1 heterocycles. The van der Waals surface area contributed by atoms with E-state index in [1.807, 2.05) is 12.1 Å². The van der Waals surface area contributed by atoms with Crippen molar-refractivity contribution in [1.29, 1.82) is 5.26 Å². The van der Waals surface area contributed by atoms with Crippen molar-refractivity contribution in [2.24, 2.45) is 5.16 Å². The SMILES string of the molecule is C=CC1CC(c2ccc(C#N)cc2)=NO1. The minimum atomic E-state index is -0.0179. The van der Waals surface area contributed by atoms with Gasteiger partial charge in [0.1, 0.15) is 0 Å². The van der Waals surface area contributed by atoms with Crippen molar-refractivity contribution in [3.63, 3.8) is 0 Å². The van der Waals surface area contributed by atoms with Crippen LogP contribution in [0.4, 0.5) is 0 Å². The Balaban J connectivity index is 2.18. The molecule has 1 aromatic carbocycles. The highest BCUT2D eigenvalue weighted by Crippen LogP contribution is 2.17. The van der Waals surface area contributed by atoms with E-state index in [0.717, 1.165) is 17.7 Å². The topological polar surface area (TPSA) is 45.4 Å². The molecule has 0 aromatic heterocycles. The normalized spacial score (nSPS) is 18.9. The Kier molecular flexibility index (Phi) is 2.51. The molecule has 0 aliphatic carbocycles. The minimum absolute atomic E-state index is 0.0179. The number of nitriles is 1. The van der Waals surface area contributed by atoms with Crippen LogP contribution in [0.3, 0.4) is 0 Å².